The lowest BCUT2D eigenvalue weighted by Crippen LogP contribution is -2.32. The second-order valence-electron chi connectivity index (χ2n) is 5.69. The Kier molecular flexibility index (Phi) is 3.94. The summed E-state index contributed by atoms with van der Waals surface area (Å²) in [4.78, 5) is 18.2. The SMILES string of the molecule is O=C1CC[C@]2(CCCO2)CCN1Cc1ccc(Cl)nc1. The largest absolute Gasteiger partial charge is 0.375 e. The molecule has 3 rings (SSSR count). The van der Waals surface area contributed by atoms with E-state index < -0.39 is 0 Å². The molecule has 2 aliphatic rings. The Labute approximate surface area is 124 Å². The zero-order chi connectivity index (χ0) is 14.0. The van der Waals surface area contributed by atoms with Crippen LogP contribution in [0.15, 0.2) is 18.3 Å². The van der Waals surface area contributed by atoms with Crippen molar-refractivity contribution in [1.29, 1.82) is 0 Å². The van der Waals surface area contributed by atoms with Crippen LogP contribution in [-0.4, -0.2) is 34.5 Å². The van der Waals surface area contributed by atoms with Gasteiger partial charge >= 0.3 is 0 Å². The molecule has 0 aromatic carbocycles. The number of pyridine rings is 1. The van der Waals surface area contributed by atoms with Crippen LogP contribution in [0.3, 0.4) is 0 Å². The van der Waals surface area contributed by atoms with Crippen molar-refractivity contribution in [2.45, 2.75) is 44.2 Å². The Bertz CT molecular complexity index is 483. The normalized spacial score (nSPS) is 27.1. The molecule has 1 aromatic heterocycles. The Morgan fingerprint density at radius 3 is 2.95 bits per heavy atom. The Morgan fingerprint density at radius 1 is 1.35 bits per heavy atom. The van der Waals surface area contributed by atoms with Gasteiger partial charge in [-0.15, -0.1) is 0 Å². The molecule has 1 spiro atoms. The Hall–Kier alpha value is -1.13. The number of carbonyl (C=O) groups is 1. The number of aromatic nitrogens is 1. The molecule has 20 heavy (non-hydrogen) atoms. The number of likely N-dealkylation sites (tertiary alicyclic amines) is 1. The van der Waals surface area contributed by atoms with Crippen molar-refractivity contribution >= 4 is 17.5 Å². The van der Waals surface area contributed by atoms with Gasteiger partial charge in [0.05, 0.1) is 5.60 Å². The summed E-state index contributed by atoms with van der Waals surface area (Å²) in [5.41, 5.74) is 0.980. The average Bonchev–Trinajstić information content (AvgIpc) is 2.86. The molecule has 0 N–H and O–H groups in total. The zero-order valence-corrected chi connectivity index (χ0v) is 12.2. The van der Waals surface area contributed by atoms with Crippen molar-refractivity contribution < 1.29 is 9.53 Å². The van der Waals surface area contributed by atoms with Gasteiger partial charge in [0, 0.05) is 32.3 Å². The van der Waals surface area contributed by atoms with Crippen LogP contribution in [0.4, 0.5) is 0 Å². The van der Waals surface area contributed by atoms with Crippen molar-refractivity contribution in [2.75, 3.05) is 13.2 Å². The minimum absolute atomic E-state index is 0.0390. The molecule has 1 amide bonds. The highest BCUT2D eigenvalue weighted by Crippen LogP contribution is 2.36. The Morgan fingerprint density at radius 2 is 2.25 bits per heavy atom. The molecular weight excluding hydrogens is 276 g/mol. The molecule has 5 heteroatoms. The van der Waals surface area contributed by atoms with E-state index in [2.05, 4.69) is 4.98 Å². The van der Waals surface area contributed by atoms with Crippen molar-refractivity contribution in [1.82, 2.24) is 9.88 Å². The highest BCUT2D eigenvalue weighted by Gasteiger charge is 2.38. The van der Waals surface area contributed by atoms with Gasteiger partial charge < -0.3 is 9.64 Å². The molecule has 108 valence electrons. The van der Waals surface area contributed by atoms with Gasteiger partial charge in [-0.3, -0.25) is 4.79 Å². The fourth-order valence-corrected chi connectivity index (χ4v) is 3.23. The van der Waals surface area contributed by atoms with Crippen LogP contribution in [0.1, 0.15) is 37.7 Å². The molecule has 4 nitrogen and oxygen atoms in total. The molecule has 0 saturated carbocycles. The second kappa shape index (κ2) is 5.70. The highest BCUT2D eigenvalue weighted by molar-refractivity contribution is 6.29. The number of amides is 1. The smallest absolute Gasteiger partial charge is 0.222 e. The maximum Gasteiger partial charge on any atom is 0.222 e. The summed E-state index contributed by atoms with van der Waals surface area (Å²) in [6.07, 6.45) is 6.34. The van der Waals surface area contributed by atoms with Crippen LogP contribution in [0.5, 0.6) is 0 Å². The van der Waals surface area contributed by atoms with E-state index in [1.54, 1.807) is 12.3 Å². The summed E-state index contributed by atoms with van der Waals surface area (Å²) in [6.45, 7) is 2.22. The van der Waals surface area contributed by atoms with E-state index in [0.29, 0.717) is 18.1 Å². The van der Waals surface area contributed by atoms with Gasteiger partial charge in [0.2, 0.25) is 5.91 Å². The number of nitrogens with zero attached hydrogens (tertiary/aromatic N) is 2. The number of ether oxygens (including phenoxy) is 1. The first-order valence-corrected chi connectivity index (χ1v) is 7.57. The highest BCUT2D eigenvalue weighted by atomic mass is 35.5. The Balaban J connectivity index is 1.67. The third kappa shape index (κ3) is 2.96. The van der Waals surface area contributed by atoms with Crippen molar-refractivity contribution in [2.24, 2.45) is 0 Å². The minimum atomic E-state index is -0.0390. The molecule has 1 atom stereocenters. The molecule has 0 aliphatic carbocycles. The number of halogens is 1. The van der Waals surface area contributed by atoms with Crippen molar-refractivity contribution in [3.05, 3.63) is 29.0 Å². The van der Waals surface area contributed by atoms with Crippen LogP contribution in [0.25, 0.3) is 0 Å². The maximum absolute atomic E-state index is 12.2. The van der Waals surface area contributed by atoms with Crippen molar-refractivity contribution in [3.8, 4) is 0 Å². The first kappa shape index (κ1) is 13.8. The van der Waals surface area contributed by atoms with Crippen molar-refractivity contribution in [3.63, 3.8) is 0 Å². The average molecular weight is 295 g/mol. The fourth-order valence-electron chi connectivity index (χ4n) is 3.12. The molecule has 0 unspecified atom stereocenters. The standard InChI is InChI=1S/C15H19ClN2O2/c16-13-3-2-12(10-17-13)11-18-8-7-15(5-1-9-20-15)6-4-14(18)19/h2-3,10H,1,4-9,11H2/t15-/m1/s1. The van der Waals surface area contributed by atoms with E-state index in [-0.39, 0.29) is 11.5 Å². The summed E-state index contributed by atoms with van der Waals surface area (Å²) >= 11 is 5.78. The first-order chi connectivity index (χ1) is 9.67. The predicted molar refractivity (Wildman–Crippen MR) is 76.4 cm³/mol. The number of rotatable bonds is 2. The number of hydrogen-bond donors (Lipinski definition) is 0. The monoisotopic (exact) mass is 294 g/mol. The molecule has 0 bridgehead atoms. The number of carbonyl (C=O) groups excluding carboxylic acids is 1. The van der Waals surface area contributed by atoms with E-state index in [9.17, 15) is 4.79 Å². The van der Waals surface area contributed by atoms with Crippen LogP contribution >= 0.6 is 11.6 Å². The predicted octanol–water partition coefficient (Wildman–Crippen LogP) is 2.80. The first-order valence-electron chi connectivity index (χ1n) is 7.19. The summed E-state index contributed by atoms with van der Waals surface area (Å²) in [7, 11) is 0. The van der Waals surface area contributed by atoms with Gasteiger partial charge in [-0.25, -0.2) is 4.98 Å². The minimum Gasteiger partial charge on any atom is -0.375 e. The van der Waals surface area contributed by atoms with Crippen LogP contribution in [0.2, 0.25) is 5.15 Å². The lowest BCUT2D eigenvalue weighted by atomic mass is 9.92. The summed E-state index contributed by atoms with van der Waals surface area (Å²) in [5.74, 6) is 0.215. The van der Waals surface area contributed by atoms with Crippen LogP contribution in [0, 0.1) is 0 Å². The summed E-state index contributed by atoms with van der Waals surface area (Å²) < 4.78 is 5.92. The topological polar surface area (TPSA) is 42.4 Å². The molecule has 2 fully saturated rings. The molecular formula is C15H19ClN2O2. The lowest BCUT2D eigenvalue weighted by Gasteiger charge is -2.26. The maximum atomic E-state index is 12.2. The van der Waals surface area contributed by atoms with Crippen LogP contribution in [-0.2, 0) is 16.1 Å². The van der Waals surface area contributed by atoms with Crippen LogP contribution < -0.4 is 0 Å². The van der Waals surface area contributed by atoms with Gasteiger partial charge in [0.1, 0.15) is 5.15 Å². The number of hydrogen-bond acceptors (Lipinski definition) is 3. The van der Waals surface area contributed by atoms with E-state index in [0.717, 1.165) is 44.4 Å². The lowest BCUT2D eigenvalue weighted by molar-refractivity contribution is -0.131. The molecule has 2 aliphatic heterocycles. The van der Waals surface area contributed by atoms with Gasteiger partial charge in [-0.05, 0) is 37.3 Å². The van der Waals surface area contributed by atoms with E-state index >= 15 is 0 Å². The fraction of sp³-hybridized carbons (Fsp3) is 0.600. The second-order valence-corrected chi connectivity index (χ2v) is 6.08. The summed E-state index contributed by atoms with van der Waals surface area (Å²) in [5, 5.41) is 0.481. The van der Waals surface area contributed by atoms with E-state index in [4.69, 9.17) is 16.3 Å². The summed E-state index contributed by atoms with van der Waals surface area (Å²) in [6, 6.07) is 3.69. The molecule has 1 aromatic rings. The van der Waals surface area contributed by atoms with E-state index in [1.807, 2.05) is 11.0 Å². The quantitative estimate of drug-likeness (QED) is 0.788. The van der Waals surface area contributed by atoms with Gasteiger partial charge in [0.15, 0.2) is 0 Å². The van der Waals surface area contributed by atoms with Gasteiger partial charge in [-0.2, -0.15) is 0 Å². The third-order valence-corrected chi connectivity index (χ3v) is 4.56. The van der Waals surface area contributed by atoms with Gasteiger partial charge in [-0.1, -0.05) is 17.7 Å². The molecule has 3 heterocycles. The zero-order valence-electron chi connectivity index (χ0n) is 11.5. The van der Waals surface area contributed by atoms with Gasteiger partial charge in [0.25, 0.3) is 0 Å². The molecule has 0 radical (unpaired) electrons. The van der Waals surface area contributed by atoms with E-state index in [1.165, 1.54) is 0 Å². The third-order valence-electron chi connectivity index (χ3n) is 4.33. The molecule has 2 saturated heterocycles.